The topological polar surface area (TPSA) is 22.1 Å². The van der Waals surface area contributed by atoms with Gasteiger partial charge in [-0.2, -0.15) is 0 Å². The average Bonchev–Trinajstić information content (AvgIpc) is 2.75. The molecule has 1 atom stereocenters. The van der Waals surface area contributed by atoms with Gasteiger partial charge in [-0.25, -0.2) is 0 Å². The van der Waals surface area contributed by atoms with Gasteiger partial charge in [0.1, 0.15) is 0 Å². The molecule has 1 saturated heterocycles. The van der Waals surface area contributed by atoms with Crippen molar-refractivity contribution >= 4 is 5.96 Å². The Morgan fingerprint density at radius 3 is 1.94 bits per heavy atom. The molecule has 0 aromatic carbocycles. The van der Waals surface area contributed by atoms with E-state index >= 15 is 0 Å². The van der Waals surface area contributed by atoms with Crippen molar-refractivity contribution in [2.45, 2.75) is 32.7 Å². The molecule has 0 saturated carbocycles. The Balaban J connectivity index is 2.68. The minimum atomic E-state index is 0.586. The van der Waals surface area contributed by atoms with Crippen LogP contribution in [0.15, 0.2) is 4.99 Å². The molecule has 1 aliphatic heterocycles. The fourth-order valence-corrected chi connectivity index (χ4v) is 2.68. The van der Waals surface area contributed by atoms with E-state index in [0.717, 1.165) is 12.5 Å². The maximum Gasteiger partial charge on any atom is 0.195 e. The zero-order valence-corrected chi connectivity index (χ0v) is 13.0. The summed E-state index contributed by atoms with van der Waals surface area (Å²) in [4.78, 5) is 11.6. The highest BCUT2D eigenvalue weighted by atomic mass is 15.3. The minimum Gasteiger partial charge on any atom is -0.349 e. The minimum absolute atomic E-state index is 0.586. The molecule has 0 aromatic heterocycles. The van der Waals surface area contributed by atoms with Crippen LogP contribution in [0.5, 0.6) is 0 Å². The van der Waals surface area contributed by atoms with Crippen LogP contribution in [0.4, 0.5) is 0 Å². The van der Waals surface area contributed by atoms with Crippen molar-refractivity contribution < 1.29 is 0 Å². The summed E-state index contributed by atoms with van der Waals surface area (Å²) in [7, 11) is 8.22. The van der Waals surface area contributed by atoms with Gasteiger partial charge in [-0.05, 0) is 31.8 Å². The summed E-state index contributed by atoms with van der Waals surface area (Å²) in [5.41, 5.74) is 0. The van der Waals surface area contributed by atoms with Crippen LogP contribution in [-0.2, 0) is 0 Å². The first-order valence-corrected chi connectivity index (χ1v) is 7.06. The van der Waals surface area contributed by atoms with Gasteiger partial charge in [0.05, 0.1) is 6.54 Å². The van der Waals surface area contributed by atoms with Crippen LogP contribution in [-0.4, -0.2) is 74.5 Å². The zero-order chi connectivity index (χ0) is 13.7. The largest absolute Gasteiger partial charge is 0.349 e. The highest BCUT2D eigenvalue weighted by Crippen LogP contribution is 2.18. The molecule has 1 rings (SSSR count). The number of hydrogen-bond acceptors (Lipinski definition) is 2. The Bertz CT molecular complexity index is 255. The Morgan fingerprint density at radius 2 is 1.56 bits per heavy atom. The molecule has 0 radical (unpaired) electrons. The van der Waals surface area contributed by atoms with Crippen molar-refractivity contribution in [3.05, 3.63) is 0 Å². The van der Waals surface area contributed by atoms with Gasteiger partial charge in [-0.15, -0.1) is 0 Å². The maximum atomic E-state index is 4.82. The Morgan fingerprint density at radius 1 is 1.06 bits per heavy atom. The van der Waals surface area contributed by atoms with E-state index in [2.05, 4.69) is 56.7 Å². The van der Waals surface area contributed by atoms with Crippen LogP contribution in [0.3, 0.4) is 0 Å². The van der Waals surface area contributed by atoms with Crippen molar-refractivity contribution in [3.63, 3.8) is 0 Å². The van der Waals surface area contributed by atoms with Crippen molar-refractivity contribution in [2.24, 2.45) is 10.9 Å². The predicted octanol–water partition coefficient (Wildman–Crippen LogP) is 1.59. The van der Waals surface area contributed by atoms with E-state index in [1.165, 1.54) is 25.9 Å². The van der Waals surface area contributed by atoms with Crippen molar-refractivity contribution in [3.8, 4) is 0 Å². The maximum absolute atomic E-state index is 4.82. The molecule has 1 unspecified atom stereocenters. The van der Waals surface area contributed by atoms with E-state index in [1.807, 2.05) is 0 Å². The van der Waals surface area contributed by atoms with E-state index < -0.39 is 0 Å². The molecule has 0 bridgehead atoms. The van der Waals surface area contributed by atoms with Crippen molar-refractivity contribution in [1.29, 1.82) is 0 Å². The van der Waals surface area contributed by atoms with Gasteiger partial charge in [0.15, 0.2) is 5.96 Å². The lowest BCUT2D eigenvalue weighted by molar-refractivity contribution is 0.197. The number of hydrogen-bond donors (Lipinski definition) is 0. The fraction of sp³-hybridized carbons (Fsp3) is 0.929. The van der Waals surface area contributed by atoms with Gasteiger partial charge in [0.2, 0.25) is 0 Å². The molecule has 0 spiro atoms. The molecule has 0 aliphatic carbocycles. The van der Waals surface area contributed by atoms with Crippen LogP contribution >= 0.6 is 0 Å². The van der Waals surface area contributed by atoms with Gasteiger partial charge in [-0.1, -0.05) is 13.8 Å². The van der Waals surface area contributed by atoms with Gasteiger partial charge in [0, 0.05) is 34.2 Å². The molecule has 4 heteroatoms. The van der Waals surface area contributed by atoms with Gasteiger partial charge in [-0.3, -0.25) is 9.89 Å². The fourth-order valence-electron chi connectivity index (χ4n) is 2.68. The highest BCUT2D eigenvalue weighted by molar-refractivity contribution is 5.79. The lowest BCUT2D eigenvalue weighted by Gasteiger charge is -2.31. The third kappa shape index (κ3) is 4.16. The summed E-state index contributed by atoms with van der Waals surface area (Å²) >= 11 is 0. The van der Waals surface area contributed by atoms with Crippen LogP contribution in [0, 0.1) is 5.92 Å². The third-order valence-electron chi connectivity index (χ3n) is 3.60. The third-order valence-corrected chi connectivity index (χ3v) is 3.60. The quantitative estimate of drug-likeness (QED) is 0.562. The molecule has 0 N–H and O–H groups in total. The smallest absolute Gasteiger partial charge is 0.195 e. The van der Waals surface area contributed by atoms with Gasteiger partial charge >= 0.3 is 0 Å². The van der Waals surface area contributed by atoms with Crippen molar-refractivity contribution in [1.82, 2.24) is 14.7 Å². The molecule has 18 heavy (non-hydrogen) atoms. The summed E-state index contributed by atoms with van der Waals surface area (Å²) in [5, 5.41) is 0. The summed E-state index contributed by atoms with van der Waals surface area (Å²) in [6, 6.07) is 0.586. The first-order valence-electron chi connectivity index (χ1n) is 7.06. The first kappa shape index (κ1) is 15.3. The van der Waals surface area contributed by atoms with E-state index in [0.29, 0.717) is 12.0 Å². The molecular formula is C14H30N4. The molecular weight excluding hydrogens is 224 g/mol. The molecule has 1 fully saturated rings. The highest BCUT2D eigenvalue weighted by Gasteiger charge is 2.24. The monoisotopic (exact) mass is 254 g/mol. The molecule has 0 amide bonds. The second kappa shape index (κ2) is 6.98. The summed E-state index contributed by atoms with van der Waals surface area (Å²) in [6.45, 7) is 8.02. The number of aliphatic imine (C=N–C) groups is 1. The second-order valence-corrected chi connectivity index (χ2v) is 5.98. The van der Waals surface area contributed by atoms with E-state index in [1.54, 1.807) is 0 Å². The lowest BCUT2D eigenvalue weighted by Crippen LogP contribution is -2.41. The predicted molar refractivity (Wildman–Crippen MR) is 79.1 cm³/mol. The van der Waals surface area contributed by atoms with Crippen molar-refractivity contribution in [2.75, 3.05) is 47.8 Å². The number of likely N-dealkylation sites (tertiary alicyclic amines) is 1. The zero-order valence-electron chi connectivity index (χ0n) is 13.0. The van der Waals surface area contributed by atoms with E-state index in [9.17, 15) is 0 Å². The normalized spacial score (nSPS) is 17.9. The molecule has 0 aromatic rings. The summed E-state index contributed by atoms with van der Waals surface area (Å²) < 4.78 is 0. The molecule has 4 nitrogen and oxygen atoms in total. The SMILES string of the molecule is CC(C)C(CN=C(N(C)C)N(C)C)N1CCCC1. The van der Waals surface area contributed by atoms with Crippen LogP contribution in [0.1, 0.15) is 26.7 Å². The van der Waals surface area contributed by atoms with E-state index in [-0.39, 0.29) is 0 Å². The summed E-state index contributed by atoms with van der Waals surface area (Å²) in [5.74, 6) is 1.72. The van der Waals surface area contributed by atoms with Gasteiger partial charge in [0.25, 0.3) is 0 Å². The second-order valence-electron chi connectivity index (χ2n) is 5.98. The molecule has 106 valence electrons. The van der Waals surface area contributed by atoms with Crippen LogP contribution in [0.25, 0.3) is 0 Å². The van der Waals surface area contributed by atoms with Crippen LogP contribution in [0.2, 0.25) is 0 Å². The first-order chi connectivity index (χ1) is 8.43. The number of rotatable bonds is 4. The Hall–Kier alpha value is -0.770. The van der Waals surface area contributed by atoms with Crippen LogP contribution < -0.4 is 0 Å². The lowest BCUT2D eigenvalue weighted by atomic mass is 10.0. The summed E-state index contributed by atoms with van der Waals surface area (Å²) in [6.07, 6.45) is 2.70. The Labute approximate surface area is 113 Å². The standard InChI is InChI=1S/C14H30N4/c1-12(2)13(18-9-7-8-10-18)11-15-14(16(3)4)17(5)6/h12-13H,7-11H2,1-6H3. The number of guanidine groups is 1. The Kier molecular flexibility index (Phi) is 5.93. The molecule has 1 heterocycles. The number of nitrogens with zero attached hydrogens (tertiary/aromatic N) is 4. The van der Waals surface area contributed by atoms with Gasteiger partial charge < -0.3 is 9.80 Å². The molecule has 1 aliphatic rings. The average molecular weight is 254 g/mol. The van der Waals surface area contributed by atoms with E-state index in [4.69, 9.17) is 4.99 Å².